The molecule has 0 aliphatic carbocycles. The summed E-state index contributed by atoms with van der Waals surface area (Å²) in [5.41, 5.74) is 2.06. The number of ether oxygens (including phenoxy) is 1. The summed E-state index contributed by atoms with van der Waals surface area (Å²) in [6.07, 6.45) is 3.83. The van der Waals surface area contributed by atoms with Crippen molar-refractivity contribution in [1.82, 2.24) is 14.5 Å². The second-order valence-electron chi connectivity index (χ2n) is 4.85. The first-order valence-electron chi connectivity index (χ1n) is 6.55. The normalized spacial score (nSPS) is 13.2. The topological polar surface area (TPSA) is 52.0 Å². The minimum absolute atomic E-state index is 0.688. The van der Waals surface area contributed by atoms with E-state index in [0.29, 0.717) is 6.54 Å². The van der Waals surface area contributed by atoms with Gasteiger partial charge in [0.15, 0.2) is 0 Å². The Labute approximate surface area is 116 Å². The van der Waals surface area contributed by atoms with Gasteiger partial charge in [-0.25, -0.2) is 9.97 Å². The summed E-state index contributed by atoms with van der Waals surface area (Å²) in [6.45, 7) is 1.48. The molecule has 0 bridgehead atoms. The number of nitrogens with zero attached hydrogens (tertiary/aromatic N) is 3. The van der Waals surface area contributed by atoms with Crippen LogP contribution in [0.25, 0.3) is 10.9 Å². The van der Waals surface area contributed by atoms with E-state index in [-0.39, 0.29) is 0 Å². The van der Waals surface area contributed by atoms with Crippen molar-refractivity contribution in [3.8, 4) is 5.75 Å². The van der Waals surface area contributed by atoms with Gasteiger partial charge in [-0.1, -0.05) is 12.1 Å². The standard InChI is InChI=1S/C15H14N4O/c1-20-12-4-2-3-10-7-11-9-19-6-5-16-13(19)8-17-15(11)18-14(10)12/h2-7H,8-9H2,1H3,(H,17,18). The average molecular weight is 266 g/mol. The zero-order valence-electron chi connectivity index (χ0n) is 11.1. The Hall–Kier alpha value is -2.56. The maximum atomic E-state index is 5.39. The van der Waals surface area contributed by atoms with Crippen LogP contribution in [0.4, 0.5) is 5.82 Å². The molecule has 1 aliphatic rings. The van der Waals surface area contributed by atoms with Crippen LogP contribution in [0, 0.1) is 0 Å². The van der Waals surface area contributed by atoms with Gasteiger partial charge in [0, 0.05) is 23.3 Å². The minimum Gasteiger partial charge on any atom is -0.494 e. The fourth-order valence-corrected chi connectivity index (χ4v) is 2.65. The Balaban J connectivity index is 1.91. The van der Waals surface area contributed by atoms with E-state index in [9.17, 15) is 0 Å². The second-order valence-corrected chi connectivity index (χ2v) is 4.85. The molecule has 3 heterocycles. The van der Waals surface area contributed by atoms with E-state index in [4.69, 9.17) is 9.72 Å². The van der Waals surface area contributed by atoms with Crippen LogP contribution in [0.5, 0.6) is 5.75 Å². The van der Waals surface area contributed by atoms with Crippen molar-refractivity contribution in [2.45, 2.75) is 13.1 Å². The number of rotatable bonds is 1. The van der Waals surface area contributed by atoms with Gasteiger partial charge < -0.3 is 14.6 Å². The van der Waals surface area contributed by atoms with Crippen molar-refractivity contribution in [1.29, 1.82) is 0 Å². The lowest BCUT2D eigenvalue weighted by Crippen LogP contribution is -2.03. The molecule has 0 radical (unpaired) electrons. The lowest BCUT2D eigenvalue weighted by Gasteiger charge is -2.10. The fourth-order valence-electron chi connectivity index (χ4n) is 2.65. The third-order valence-corrected chi connectivity index (χ3v) is 3.66. The molecule has 0 saturated heterocycles. The number of aromatic nitrogens is 3. The van der Waals surface area contributed by atoms with Crippen LogP contribution in [-0.2, 0) is 13.1 Å². The van der Waals surface area contributed by atoms with Gasteiger partial charge in [-0.3, -0.25) is 0 Å². The molecule has 4 rings (SSSR count). The predicted octanol–water partition coefficient (Wildman–Crippen LogP) is 2.41. The molecule has 1 aromatic carbocycles. The summed E-state index contributed by atoms with van der Waals surface area (Å²) in [5.74, 6) is 2.74. The molecule has 20 heavy (non-hydrogen) atoms. The largest absolute Gasteiger partial charge is 0.494 e. The van der Waals surface area contributed by atoms with E-state index >= 15 is 0 Å². The summed E-state index contributed by atoms with van der Waals surface area (Å²) in [7, 11) is 1.67. The number of hydrogen-bond acceptors (Lipinski definition) is 4. The van der Waals surface area contributed by atoms with Crippen LogP contribution < -0.4 is 10.1 Å². The SMILES string of the molecule is COc1cccc2cc3c(nc12)NCc1nccn1C3. The van der Waals surface area contributed by atoms with E-state index in [1.54, 1.807) is 7.11 Å². The summed E-state index contributed by atoms with van der Waals surface area (Å²) >= 11 is 0. The molecule has 0 spiro atoms. The smallest absolute Gasteiger partial charge is 0.145 e. The van der Waals surface area contributed by atoms with Gasteiger partial charge in [0.1, 0.15) is 22.9 Å². The Kier molecular flexibility index (Phi) is 2.39. The van der Waals surface area contributed by atoms with Gasteiger partial charge >= 0.3 is 0 Å². The highest BCUT2D eigenvalue weighted by Gasteiger charge is 2.15. The number of methoxy groups -OCH3 is 1. The maximum Gasteiger partial charge on any atom is 0.145 e. The molecule has 5 nitrogen and oxygen atoms in total. The van der Waals surface area contributed by atoms with Crippen LogP contribution >= 0.6 is 0 Å². The summed E-state index contributed by atoms with van der Waals surface area (Å²) in [4.78, 5) is 9.08. The van der Waals surface area contributed by atoms with Crippen molar-refractivity contribution in [2.75, 3.05) is 12.4 Å². The number of benzene rings is 1. The van der Waals surface area contributed by atoms with Crippen LogP contribution in [0.1, 0.15) is 11.4 Å². The number of pyridine rings is 1. The Morgan fingerprint density at radius 2 is 2.30 bits per heavy atom. The third kappa shape index (κ3) is 1.63. The molecule has 1 N–H and O–H groups in total. The molecule has 0 fully saturated rings. The van der Waals surface area contributed by atoms with Gasteiger partial charge in [0.05, 0.1) is 20.2 Å². The Morgan fingerprint density at radius 3 is 3.20 bits per heavy atom. The van der Waals surface area contributed by atoms with Crippen molar-refractivity contribution in [3.63, 3.8) is 0 Å². The molecular formula is C15H14N4O. The highest BCUT2D eigenvalue weighted by molar-refractivity contribution is 5.87. The van der Waals surface area contributed by atoms with Crippen molar-refractivity contribution in [3.05, 3.63) is 48.0 Å². The second kappa shape index (κ2) is 4.23. The molecule has 5 heteroatoms. The zero-order valence-corrected chi connectivity index (χ0v) is 11.1. The van der Waals surface area contributed by atoms with E-state index in [0.717, 1.165) is 34.8 Å². The molecular weight excluding hydrogens is 252 g/mol. The number of para-hydroxylation sites is 1. The van der Waals surface area contributed by atoms with Crippen LogP contribution in [0.3, 0.4) is 0 Å². The van der Waals surface area contributed by atoms with Crippen molar-refractivity contribution < 1.29 is 4.74 Å². The van der Waals surface area contributed by atoms with Crippen LogP contribution in [0.15, 0.2) is 36.7 Å². The number of hydrogen-bond donors (Lipinski definition) is 1. The van der Waals surface area contributed by atoms with Crippen LogP contribution in [0.2, 0.25) is 0 Å². The van der Waals surface area contributed by atoms with Gasteiger partial charge in [-0.05, 0) is 12.1 Å². The van der Waals surface area contributed by atoms with Gasteiger partial charge in [0.2, 0.25) is 0 Å². The molecule has 2 aromatic heterocycles. The van der Waals surface area contributed by atoms with E-state index in [1.165, 1.54) is 5.56 Å². The predicted molar refractivity (Wildman–Crippen MR) is 77.0 cm³/mol. The first-order chi connectivity index (χ1) is 9.85. The summed E-state index contributed by atoms with van der Waals surface area (Å²) < 4.78 is 7.53. The average Bonchev–Trinajstić information content (AvgIpc) is 2.84. The molecule has 0 unspecified atom stereocenters. The summed E-state index contributed by atoms with van der Waals surface area (Å²) in [5, 5.41) is 4.45. The van der Waals surface area contributed by atoms with Gasteiger partial charge in [0.25, 0.3) is 0 Å². The van der Waals surface area contributed by atoms with E-state index in [1.807, 2.05) is 24.5 Å². The first kappa shape index (κ1) is 11.3. The first-order valence-corrected chi connectivity index (χ1v) is 6.55. The quantitative estimate of drug-likeness (QED) is 0.735. The molecule has 0 amide bonds. The fraction of sp³-hybridized carbons (Fsp3) is 0.200. The third-order valence-electron chi connectivity index (χ3n) is 3.66. The van der Waals surface area contributed by atoms with Gasteiger partial charge in [-0.2, -0.15) is 0 Å². The monoisotopic (exact) mass is 266 g/mol. The molecule has 100 valence electrons. The number of fused-ring (bicyclic) bond motifs is 3. The van der Waals surface area contributed by atoms with Crippen molar-refractivity contribution >= 4 is 16.7 Å². The molecule has 1 aliphatic heterocycles. The van der Waals surface area contributed by atoms with Crippen LogP contribution in [-0.4, -0.2) is 21.6 Å². The highest BCUT2D eigenvalue weighted by atomic mass is 16.5. The van der Waals surface area contributed by atoms with Gasteiger partial charge in [-0.15, -0.1) is 0 Å². The van der Waals surface area contributed by atoms with E-state index in [2.05, 4.69) is 27.0 Å². The summed E-state index contributed by atoms with van der Waals surface area (Å²) in [6, 6.07) is 8.15. The lowest BCUT2D eigenvalue weighted by molar-refractivity contribution is 0.419. The number of anilines is 1. The molecule has 3 aromatic rings. The minimum atomic E-state index is 0.688. The van der Waals surface area contributed by atoms with Crippen molar-refractivity contribution in [2.24, 2.45) is 0 Å². The zero-order chi connectivity index (χ0) is 13.5. The maximum absolute atomic E-state index is 5.39. The number of nitrogens with one attached hydrogen (secondary N) is 1. The highest BCUT2D eigenvalue weighted by Crippen LogP contribution is 2.29. The number of imidazole rings is 1. The Bertz CT molecular complexity index is 794. The molecule has 0 atom stereocenters. The Morgan fingerprint density at radius 1 is 1.35 bits per heavy atom. The van der Waals surface area contributed by atoms with E-state index < -0.39 is 0 Å². The lowest BCUT2D eigenvalue weighted by atomic mass is 10.1. The molecule has 0 saturated carbocycles.